The van der Waals surface area contributed by atoms with Gasteiger partial charge in [-0.05, 0) is 60.7 Å². The van der Waals surface area contributed by atoms with Gasteiger partial charge in [-0.25, -0.2) is 8.78 Å². The van der Waals surface area contributed by atoms with E-state index < -0.39 is 0 Å². The molecule has 6 nitrogen and oxygen atoms in total. The van der Waals surface area contributed by atoms with E-state index >= 15 is 0 Å². The summed E-state index contributed by atoms with van der Waals surface area (Å²) in [5.74, 6) is -0.946. The van der Waals surface area contributed by atoms with Crippen molar-refractivity contribution in [2.45, 2.75) is 12.5 Å². The van der Waals surface area contributed by atoms with Crippen molar-refractivity contribution in [3.05, 3.63) is 99.5 Å². The third kappa shape index (κ3) is 7.49. The lowest BCUT2D eigenvalue weighted by Gasteiger charge is -2.35. The summed E-state index contributed by atoms with van der Waals surface area (Å²) in [5, 5.41) is 11.2. The maximum Gasteiger partial charge on any atom is 0.238 e. The molecule has 1 amide bonds. The van der Waals surface area contributed by atoms with E-state index in [9.17, 15) is 13.6 Å². The van der Waals surface area contributed by atoms with Crippen molar-refractivity contribution in [3.8, 4) is 0 Å². The number of halogens is 4. The molecule has 1 aliphatic rings. The van der Waals surface area contributed by atoms with Gasteiger partial charge in [0.1, 0.15) is 24.0 Å². The van der Waals surface area contributed by atoms with E-state index in [1.807, 2.05) is 0 Å². The van der Waals surface area contributed by atoms with Gasteiger partial charge in [-0.2, -0.15) is 0 Å². The van der Waals surface area contributed by atoms with Crippen LogP contribution >= 0.6 is 23.2 Å². The Morgan fingerprint density at radius 3 is 2.19 bits per heavy atom. The number of nitrogens with one attached hydrogen (secondary N) is 2. The van der Waals surface area contributed by atoms with Gasteiger partial charge in [-0.3, -0.25) is 9.69 Å². The number of rotatable bonds is 9. The van der Waals surface area contributed by atoms with Crippen molar-refractivity contribution in [2.75, 3.05) is 38.1 Å². The van der Waals surface area contributed by atoms with Crippen LogP contribution in [-0.2, 0) is 9.63 Å². The third-order valence-electron chi connectivity index (χ3n) is 5.98. The number of oxime groups is 1. The maximum atomic E-state index is 13.4. The largest absolute Gasteiger partial charge is 0.395 e. The van der Waals surface area contributed by atoms with Gasteiger partial charge in [0.25, 0.3) is 0 Å². The molecule has 1 unspecified atom stereocenters. The predicted molar refractivity (Wildman–Crippen MR) is 142 cm³/mol. The number of hydrogen-bond acceptors (Lipinski definition) is 5. The number of para-hydroxylation sites is 1. The first kappa shape index (κ1) is 27.0. The fraction of sp³-hybridized carbons (Fsp3) is 0.259. The van der Waals surface area contributed by atoms with Crippen LogP contribution in [0, 0.1) is 11.6 Å². The lowest BCUT2D eigenvalue weighted by molar-refractivity contribution is -0.118. The van der Waals surface area contributed by atoms with Crippen molar-refractivity contribution < 1.29 is 18.4 Å². The molecule has 37 heavy (non-hydrogen) atoms. The van der Waals surface area contributed by atoms with E-state index in [0.717, 1.165) is 6.54 Å². The zero-order chi connectivity index (χ0) is 26.2. The lowest BCUT2D eigenvalue weighted by atomic mass is 10.0. The van der Waals surface area contributed by atoms with Gasteiger partial charge in [0.05, 0.1) is 22.3 Å². The van der Waals surface area contributed by atoms with Gasteiger partial charge in [0.15, 0.2) is 0 Å². The van der Waals surface area contributed by atoms with Gasteiger partial charge in [-0.1, -0.05) is 34.4 Å². The molecule has 1 heterocycles. The van der Waals surface area contributed by atoms with Crippen molar-refractivity contribution in [3.63, 3.8) is 0 Å². The van der Waals surface area contributed by atoms with Gasteiger partial charge in [0, 0.05) is 43.2 Å². The number of piperazine rings is 1. The number of amides is 1. The normalized spacial score (nSPS) is 15.7. The highest BCUT2D eigenvalue weighted by Gasteiger charge is 2.24. The molecule has 0 radical (unpaired) electrons. The second-order valence-electron chi connectivity index (χ2n) is 8.55. The molecule has 4 rings (SSSR count). The Morgan fingerprint density at radius 1 is 1.00 bits per heavy atom. The van der Waals surface area contributed by atoms with Crippen molar-refractivity contribution in [1.82, 2.24) is 10.2 Å². The molecule has 0 aromatic heterocycles. The Morgan fingerprint density at radius 2 is 1.59 bits per heavy atom. The number of hydrogen-bond donors (Lipinski definition) is 2. The van der Waals surface area contributed by atoms with Gasteiger partial charge in [0.2, 0.25) is 5.91 Å². The van der Waals surface area contributed by atoms with E-state index in [0.29, 0.717) is 52.1 Å². The SMILES string of the molecule is O=C(CN1CCNCC1CCON=C(c1ccc(F)cc1)c1ccc(F)cc1)Nc1c(Cl)cccc1Cl. The summed E-state index contributed by atoms with van der Waals surface area (Å²) in [6.45, 7) is 2.60. The van der Waals surface area contributed by atoms with Crippen LogP contribution in [0.15, 0.2) is 71.9 Å². The van der Waals surface area contributed by atoms with Crippen LogP contribution in [0.3, 0.4) is 0 Å². The van der Waals surface area contributed by atoms with Gasteiger partial charge < -0.3 is 15.5 Å². The maximum absolute atomic E-state index is 13.4. The minimum absolute atomic E-state index is 0.0384. The first-order valence-electron chi connectivity index (χ1n) is 11.8. The Kier molecular flexibility index (Phi) is 9.46. The summed E-state index contributed by atoms with van der Waals surface area (Å²) in [6, 6.07) is 16.8. The molecule has 1 fully saturated rings. The number of carbonyl (C=O) groups excluding carboxylic acids is 1. The van der Waals surface area contributed by atoms with Gasteiger partial charge in [-0.15, -0.1) is 0 Å². The van der Waals surface area contributed by atoms with E-state index in [2.05, 4.69) is 20.7 Å². The first-order valence-corrected chi connectivity index (χ1v) is 12.6. The van der Waals surface area contributed by atoms with Crippen molar-refractivity contribution >= 4 is 40.5 Å². The molecule has 0 aliphatic carbocycles. The Balaban J connectivity index is 1.38. The second kappa shape index (κ2) is 13.0. The molecule has 3 aromatic rings. The fourth-order valence-electron chi connectivity index (χ4n) is 4.06. The number of benzene rings is 3. The molecule has 0 saturated carbocycles. The van der Waals surface area contributed by atoms with E-state index in [1.54, 1.807) is 42.5 Å². The highest BCUT2D eigenvalue weighted by atomic mass is 35.5. The van der Waals surface area contributed by atoms with Crippen LogP contribution in [-0.4, -0.2) is 55.3 Å². The smallest absolute Gasteiger partial charge is 0.238 e. The van der Waals surface area contributed by atoms with E-state index in [-0.39, 0.29) is 36.7 Å². The molecule has 1 atom stereocenters. The fourth-order valence-corrected chi connectivity index (χ4v) is 4.55. The molecule has 10 heteroatoms. The average molecular weight is 547 g/mol. The van der Waals surface area contributed by atoms with E-state index in [1.165, 1.54) is 24.3 Å². The molecule has 194 valence electrons. The van der Waals surface area contributed by atoms with Crippen LogP contribution in [0.5, 0.6) is 0 Å². The molecule has 1 aliphatic heterocycles. The summed E-state index contributed by atoms with van der Waals surface area (Å²) < 4.78 is 26.9. The molecule has 0 bridgehead atoms. The number of carbonyl (C=O) groups is 1. The van der Waals surface area contributed by atoms with Crippen LogP contribution in [0.4, 0.5) is 14.5 Å². The summed E-state index contributed by atoms with van der Waals surface area (Å²) in [5.41, 5.74) is 2.15. The summed E-state index contributed by atoms with van der Waals surface area (Å²) in [6.07, 6.45) is 0.608. The minimum atomic E-state index is -0.367. The topological polar surface area (TPSA) is 66.0 Å². The summed E-state index contributed by atoms with van der Waals surface area (Å²) in [4.78, 5) is 20.4. The molecule has 0 spiro atoms. The lowest BCUT2D eigenvalue weighted by Crippen LogP contribution is -2.53. The van der Waals surface area contributed by atoms with Crippen LogP contribution < -0.4 is 10.6 Å². The third-order valence-corrected chi connectivity index (χ3v) is 6.61. The molecule has 3 aromatic carbocycles. The number of nitrogens with zero attached hydrogens (tertiary/aromatic N) is 2. The summed E-state index contributed by atoms with van der Waals surface area (Å²) >= 11 is 12.3. The minimum Gasteiger partial charge on any atom is -0.395 e. The monoisotopic (exact) mass is 546 g/mol. The highest BCUT2D eigenvalue weighted by Crippen LogP contribution is 2.29. The Hall–Kier alpha value is -3.04. The molecular weight excluding hydrogens is 521 g/mol. The van der Waals surface area contributed by atoms with Gasteiger partial charge >= 0.3 is 0 Å². The van der Waals surface area contributed by atoms with Crippen molar-refractivity contribution in [1.29, 1.82) is 0 Å². The number of anilines is 1. The average Bonchev–Trinajstić information content (AvgIpc) is 2.89. The second-order valence-corrected chi connectivity index (χ2v) is 9.36. The Labute approximate surface area is 224 Å². The zero-order valence-corrected chi connectivity index (χ0v) is 21.4. The molecule has 1 saturated heterocycles. The van der Waals surface area contributed by atoms with Crippen LogP contribution in [0.1, 0.15) is 17.5 Å². The first-order chi connectivity index (χ1) is 17.9. The quantitative estimate of drug-likeness (QED) is 0.216. The highest BCUT2D eigenvalue weighted by molar-refractivity contribution is 6.39. The van der Waals surface area contributed by atoms with Crippen molar-refractivity contribution in [2.24, 2.45) is 5.16 Å². The van der Waals surface area contributed by atoms with Crippen LogP contribution in [0.25, 0.3) is 0 Å². The molecular formula is C27H26Cl2F2N4O2. The van der Waals surface area contributed by atoms with Crippen LogP contribution in [0.2, 0.25) is 10.0 Å². The standard InChI is InChI=1S/C27H26Cl2F2N4O2/c28-23-2-1-3-24(29)27(23)33-25(36)17-35-14-13-32-16-22(35)12-15-37-34-26(18-4-8-20(30)9-5-18)19-6-10-21(31)11-7-19/h1-11,22,32H,12-17H2,(H,33,36). The zero-order valence-electron chi connectivity index (χ0n) is 19.9. The molecule has 2 N–H and O–H groups in total. The summed E-state index contributed by atoms with van der Waals surface area (Å²) in [7, 11) is 0. The predicted octanol–water partition coefficient (Wildman–Crippen LogP) is 5.34. The Bertz CT molecular complexity index is 1170. The van der Waals surface area contributed by atoms with E-state index in [4.69, 9.17) is 28.0 Å².